The second-order valence-electron chi connectivity index (χ2n) is 3.77. The number of amidine groups is 1. The maximum absolute atomic E-state index is 13.6. The Morgan fingerprint density at radius 1 is 1.67 bits per heavy atom. The fraction of sp³-hybridized carbons (Fsp3) is 0.273. The number of carbonyl (C=O) groups excluding carboxylic acids is 1. The predicted molar refractivity (Wildman–Crippen MR) is 69.1 cm³/mol. The standard InChI is InChI=1S/C11H13BrFN3O2/c1-6(5-9(14)16-18)15-11(17)7-3-2-4-8(12)10(7)13/h2-4,6,18H,5H2,1H3,(H2,14,16)(H,15,17). The highest BCUT2D eigenvalue weighted by Crippen LogP contribution is 2.18. The van der Waals surface area contributed by atoms with Crippen molar-refractivity contribution in [3.8, 4) is 0 Å². The molecule has 0 aromatic heterocycles. The molecule has 7 heteroatoms. The van der Waals surface area contributed by atoms with Crippen LogP contribution in [0.4, 0.5) is 4.39 Å². The third-order valence-electron chi connectivity index (χ3n) is 2.22. The highest BCUT2D eigenvalue weighted by molar-refractivity contribution is 9.10. The van der Waals surface area contributed by atoms with Gasteiger partial charge in [0.15, 0.2) is 0 Å². The van der Waals surface area contributed by atoms with Gasteiger partial charge in [-0.3, -0.25) is 4.79 Å². The first-order valence-electron chi connectivity index (χ1n) is 5.17. The lowest BCUT2D eigenvalue weighted by Crippen LogP contribution is -2.36. The van der Waals surface area contributed by atoms with Gasteiger partial charge in [-0.2, -0.15) is 0 Å². The van der Waals surface area contributed by atoms with Crippen LogP contribution in [0.1, 0.15) is 23.7 Å². The van der Waals surface area contributed by atoms with Gasteiger partial charge in [0.1, 0.15) is 11.7 Å². The van der Waals surface area contributed by atoms with E-state index in [0.717, 1.165) is 0 Å². The van der Waals surface area contributed by atoms with Gasteiger partial charge in [0.05, 0.1) is 10.0 Å². The number of benzene rings is 1. The van der Waals surface area contributed by atoms with Crippen LogP contribution in [0.2, 0.25) is 0 Å². The monoisotopic (exact) mass is 317 g/mol. The highest BCUT2D eigenvalue weighted by Gasteiger charge is 2.16. The minimum absolute atomic E-state index is 0.00230. The molecule has 0 bridgehead atoms. The molecule has 1 aromatic rings. The summed E-state index contributed by atoms with van der Waals surface area (Å²) >= 11 is 3.00. The van der Waals surface area contributed by atoms with Gasteiger partial charge in [0.25, 0.3) is 5.91 Å². The van der Waals surface area contributed by atoms with E-state index in [1.807, 2.05) is 0 Å². The number of nitrogens with two attached hydrogens (primary N) is 1. The van der Waals surface area contributed by atoms with E-state index in [4.69, 9.17) is 10.9 Å². The summed E-state index contributed by atoms with van der Waals surface area (Å²) in [6, 6.07) is 4.08. The van der Waals surface area contributed by atoms with Crippen LogP contribution in [0.25, 0.3) is 0 Å². The summed E-state index contributed by atoms with van der Waals surface area (Å²) in [4.78, 5) is 11.8. The second kappa shape index (κ2) is 6.34. The van der Waals surface area contributed by atoms with Crippen molar-refractivity contribution >= 4 is 27.7 Å². The van der Waals surface area contributed by atoms with E-state index in [1.165, 1.54) is 12.1 Å². The van der Waals surface area contributed by atoms with Crippen molar-refractivity contribution in [1.82, 2.24) is 5.32 Å². The summed E-state index contributed by atoms with van der Waals surface area (Å²) in [6.07, 6.45) is 0.178. The van der Waals surface area contributed by atoms with Gasteiger partial charge in [0.2, 0.25) is 0 Å². The van der Waals surface area contributed by atoms with Crippen LogP contribution in [-0.4, -0.2) is 23.0 Å². The van der Waals surface area contributed by atoms with Gasteiger partial charge < -0.3 is 16.3 Å². The minimum Gasteiger partial charge on any atom is -0.409 e. The van der Waals surface area contributed by atoms with Crippen LogP contribution in [0.15, 0.2) is 27.8 Å². The van der Waals surface area contributed by atoms with Gasteiger partial charge >= 0.3 is 0 Å². The zero-order valence-corrected chi connectivity index (χ0v) is 11.2. The topological polar surface area (TPSA) is 87.7 Å². The first-order chi connectivity index (χ1) is 8.45. The van der Waals surface area contributed by atoms with Crippen molar-refractivity contribution in [1.29, 1.82) is 0 Å². The van der Waals surface area contributed by atoms with Gasteiger partial charge in [-0.15, -0.1) is 0 Å². The number of hydrogen-bond donors (Lipinski definition) is 3. The van der Waals surface area contributed by atoms with Crippen molar-refractivity contribution in [3.05, 3.63) is 34.1 Å². The molecule has 4 N–H and O–H groups in total. The number of nitrogens with zero attached hydrogens (tertiary/aromatic N) is 1. The molecule has 0 fully saturated rings. The third-order valence-corrected chi connectivity index (χ3v) is 2.83. The number of nitrogens with one attached hydrogen (secondary N) is 1. The molecule has 0 saturated heterocycles. The van der Waals surface area contributed by atoms with Gasteiger partial charge in [-0.1, -0.05) is 11.2 Å². The summed E-state index contributed by atoms with van der Waals surface area (Å²) < 4.78 is 13.9. The molecule has 1 unspecified atom stereocenters. The van der Waals surface area contributed by atoms with Crippen LogP contribution in [0.3, 0.4) is 0 Å². The van der Waals surface area contributed by atoms with Gasteiger partial charge in [0, 0.05) is 12.5 Å². The lowest BCUT2D eigenvalue weighted by atomic mass is 10.1. The number of halogens is 2. The Morgan fingerprint density at radius 3 is 2.94 bits per heavy atom. The summed E-state index contributed by atoms with van der Waals surface area (Å²) in [6.45, 7) is 1.67. The smallest absolute Gasteiger partial charge is 0.254 e. The Morgan fingerprint density at radius 2 is 2.33 bits per heavy atom. The summed E-state index contributed by atoms with van der Waals surface area (Å²) in [5.41, 5.74) is 5.25. The average molecular weight is 318 g/mol. The first kappa shape index (κ1) is 14.4. The molecule has 5 nitrogen and oxygen atoms in total. The molecule has 0 aliphatic carbocycles. The molecular formula is C11H13BrFN3O2. The first-order valence-corrected chi connectivity index (χ1v) is 5.96. The molecule has 0 aliphatic heterocycles. The van der Waals surface area contributed by atoms with E-state index in [2.05, 4.69) is 26.4 Å². The minimum atomic E-state index is -0.619. The molecule has 1 rings (SSSR count). The van der Waals surface area contributed by atoms with E-state index in [9.17, 15) is 9.18 Å². The van der Waals surface area contributed by atoms with Crippen molar-refractivity contribution in [2.75, 3.05) is 0 Å². The third kappa shape index (κ3) is 3.69. The zero-order valence-electron chi connectivity index (χ0n) is 9.65. The predicted octanol–water partition coefficient (Wildman–Crippen LogP) is 1.84. The molecule has 0 saturated carbocycles. The normalized spacial score (nSPS) is 13.2. The SMILES string of the molecule is CC(C/C(N)=N/O)NC(=O)c1cccc(Br)c1F. The van der Waals surface area contributed by atoms with Crippen molar-refractivity contribution in [3.63, 3.8) is 0 Å². The molecule has 98 valence electrons. The Labute approximate surface area is 112 Å². The van der Waals surface area contributed by atoms with E-state index >= 15 is 0 Å². The molecule has 0 aliphatic rings. The molecule has 1 amide bonds. The van der Waals surface area contributed by atoms with Crippen LogP contribution in [0.5, 0.6) is 0 Å². The van der Waals surface area contributed by atoms with Gasteiger partial charge in [-0.25, -0.2) is 4.39 Å². The molecule has 1 aromatic carbocycles. The number of amides is 1. The molecule has 18 heavy (non-hydrogen) atoms. The second-order valence-corrected chi connectivity index (χ2v) is 4.63. The maximum atomic E-state index is 13.6. The van der Waals surface area contributed by atoms with Gasteiger partial charge in [-0.05, 0) is 35.0 Å². The Balaban J connectivity index is 2.74. The fourth-order valence-corrected chi connectivity index (χ4v) is 1.75. The Kier molecular flexibility index (Phi) is 5.08. The maximum Gasteiger partial charge on any atom is 0.254 e. The van der Waals surface area contributed by atoms with Crippen molar-refractivity contribution < 1.29 is 14.4 Å². The van der Waals surface area contributed by atoms with Crippen LogP contribution in [0, 0.1) is 5.82 Å². The van der Waals surface area contributed by atoms with Crippen LogP contribution >= 0.6 is 15.9 Å². The average Bonchev–Trinajstić information content (AvgIpc) is 2.32. The number of oxime groups is 1. The quantitative estimate of drug-likeness (QED) is 0.343. The molecule has 1 atom stereocenters. The number of hydrogen-bond acceptors (Lipinski definition) is 3. The molecule has 0 spiro atoms. The van der Waals surface area contributed by atoms with Crippen molar-refractivity contribution in [2.24, 2.45) is 10.9 Å². The number of carbonyl (C=O) groups is 1. The van der Waals surface area contributed by atoms with E-state index < -0.39 is 11.7 Å². The Bertz CT molecular complexity index is 479. The molecular weight excluding hydrogens is 305 g/mol. The lowest BCUT2D eigenvalue weighted by molar-refractivity contribution is 0.0937. The van der Waals surface area contributed by atoms with Crippen molar-refractivity contribution in [2.45, 2.75) is 19.4 Å². The summed E-state index contributed by atoms with van der Waals surface area (Å²) in [7, 11) is 0. The zero-order chi connectivity index (χ0) is 13.7. The lowest BCUT2D eigenvalue weighted by Gasteiger charge is -2.13. The molecule has 0 heterocycles. The summed E-state index contributed by atoms with van der Waals surface area (Å²) in [5, 5.41) is 13.8. The molecule has 0 radical (unpaired) electrons. The summed E-state index contributed by atoms with van der Waals surface area (Å²) in [5.74, 6) is -1.17. The van der Waals surface area contributed by atoms with E-state index in [1.54, 1.807) is 13.0 Å². The number of rotatable bonds is 4. The van der Waals surface area contributed by atoms with E-state index in [-0.39, 0.29) is 28.3 Å². The van der Waals surface area contributed by atoms with Crippen LogP contribution < -0.4 is 11.1 Å². The highest BCUT2D eigenvalue weighted by atomic mass is 79.9. The fourth-order valence-electron chi connectivity index (χ4n) is 1.39. The van der Waals surface area contributed by atoms with E-state index in [0.29, 0.717) is 0 Å². The van der Waals surface area contributed by atoms with Crippen LogP contribution in [-0.2, 0) is 0 Å². The largest absolute Gasteiger partial charge is 0.409 e. The Hall–Kier alpha value is -1.63.